The zero-order valence-electron chi connectivity index (χ0n) is 13.3. The van der Waals surface area contributed by atoms with Crippen LogP contribution in [0.15, 0.2) is 29.2 Å². The Bertz CT molecular complexity index is 581. The molecule has 4 heteroatoms. The van der Waals surface area contributed by atoms with Gasteiger partial charge in [-0.05, 0) is 64.0 Å². The maximum atomic E-state index is 12.9. The van der Waals surface area contributed by atoms with E-state index in [1.165, 1.54) is 0 Å². The van der Waals surface area contributed by atoms with Crippen LogP contribution in [0.1, 0.15) is 45.6 Å². The Morgan fingerprint density at radius 1 is 1.14 bits per heavy atom. The van der Waals surface area contributed by atoms with Crippen LogP contribution in [0.5, 0.6) is 0 Å². The van der Waals surface area contributed by atoms with Crippen molar-refractivity contribution in [3.05, 3.63) is 29.8 Å². The maximum Gasteiger partial charge on any atom is 0.181 e. The Balaban J connectivity index is 2.31. The van der Waals surface area contributed by atoms with Crippen LogP contribution in [0.2, 0.25) is 0 Å². The van der Waals surface area contributed by atoms with Crippen LogP contribution >= 0.6 is 0 Å². The third kappa shape index (κ3) is 3.49. The van der Waals surface area contributed by atoms with Gasteiger partial charge >= 0.3 is 0 Å². The third-order valence-electron chi connectivity index (χ3n) is 4.87. The number of aliphatic hydroxyl groups is 1. The number of sulfone groups is 1. The van der Waals surface area contributed by atoms with Gasteiger partial charge in [0.15, 0.2) is 9.84 Å². The SMILES string of the molecule is Cc1ccc(S(=O)(=O)C2C[C@H](C(C)(C)O)CCC2C)cc1. The summed E-state index contributed by atoms with van der Waals surface area (Å²) in [6.45, 7) is 7.52. The molecule has 0 heterocycles. The van der Waals surface area contributed by atoms with Crippen molar-refractivity contribution in [1.82, 2.24) is 0 Å². The van der Waals surface area contributed by atoms with E-state index < -0.39 is 20.7 Å². The molecule has 1 aliphatic rings. The summed E-state index contributed by atoms with van der Waals surface area (Å²) in [6.07, 6.45) is 2.29. The van der Waals surface area contributed by atoms with E-state index in [0.29, 0.717) is 11.3 Å². The molecular weight excluding hydrogens is 284 g/mol. The van der Waals surface area contributed by atoms with E-state index in [2.05, 4.69) is 0 Å². The number of hydrogen-bond acceptors (Lipinski definition) is 3. The molecule has 3 nitrogen and oxygen atoms in total. The first-order valence-electron chi connectivity index (χ1n) is 7.65. The highest BCUT2D eigenvalue weighted by atomic mass is 32.2. The highest BCUT2D eigenvalue weighted by Crippen LogP contribution is 2.40. The first kappa shape index (κ1) is 16.5. The van der Waals surface area contributed by atoms with Gasteiger partial charge in [-0.1, -0.05) is 24.6 Å². The lowest BCUT2D eigenvalue weighted by Crippen LogP contribution is -2.42. The Kier molecular flexibility index (Phi) is 4.50. The fourth-order valence-corrected chi connectivity index (χ4v) is 5.36. The number of benzene rings is 1. The molecule has 0 aliphatic heterocycles. The average molecular weight is 310 g/mol. The average Bonchev–Trinajstić information content (AvgIpc) is 2.38. The minimum Gasteiger partial charge on any atom is -0.390 e. The van der Waals surface area contributed by atoms with Crippen LogP contribution in [0, 0.1) is 18.8 Å². The van der Waals surface area contributed by atoms with Gasteiger partial charge in [-0.15, -0.1) is 0 Å². The van der Waals surface area contributed by atoms with Crippen molar-refractivity contribution in [2.24, 2.45) is 11.8 Å². The summed E-state index contributed by atoms with van der Waals surface area (Å²) in [7, 11) is -3.33. The molecule has 1 N–H and O–H groups in total. The quantitative estimate of drug-likeness (QED) is 0.931. The summed E-state index contributed by atoms with van der Waals surface area (Å²) >= 11 is 0. The Morgan fingerprint density at radius 3 is 2.24 bits per heavy atom. The molecule has 2 rings (SSSR count). The van der Waals surface area contributed by atoms with Gasteiger partial charge in [0, 0.05) is 0 Å². The van der Waals surface area contributed by atoms with Gasteiger partial charge in [0.25, 0.3) is 0 Å². The molecule has 0 aromatic heterocycles. The first-order valence-corrected chi connectivity index (χ1v) is 9.20. The van der Waals surface area contributed by atoms with Crippen LogP contribution in [0.3, 0.4) is 0 Å². The second kappa shape index (κ2) is 5.73. The largest absolute Gasteiger partial charge is 0.390 e. The molecule has 1 aromatic rings. The molecule has 118 valence electrons. The smallest absolute Gasteiger partial charge is 0.181 e. The fourth-order valence-electron chi connectivity index (χ4n) is 3.26. The molecule has 0 spiro atoms. The Morgan fingerprint density at radius 2 is 1.71 bits per heavy atom. The molecule has 0 radical (unpaired) electrons. The highest BCUT2D eigenvalue weighted by molar-refractivity contribution is 7.92. The molecule has 1 fully saturated rings. The predicted molar refractivity (Wildman–Crippen MR) is 85.0 cm³/mol. The third-order valence-corrected chi connectivity index (χ3v) is 7.25. The van der Waals surface area contributed by atoms with E-state index in [-0.39, 0.29) is 11.8 Å². The lowest BCUT2D eigenvalue weighted by Gasteiger charge is -2.39. The van der Waals surface area contributed by atoms with Crippen LogP contribution in [0.4, 0.5) is 0 Å². The fraction of sp³-hybridized carbons (Fsp3) is 0.647. The summed E-state index contributed by atoms with van der Waals surface area (Å²) in [6, 6.07) is 7.08. The van der Waals surface area contributed by atoms with Gasteiger partial charge in [0.2, 0.25) is 0 Å². The van der Waals surface area contributed by atoms with Gasteiger partial charge in [-0.25, -0.2) is 8.42 Å². The number of rotatable bonds is 3. The minimum absolute atomic E-state index is 0.0407. The van der Waals surface area contributed by atoms with Crippen LogP contribution in [0.25, 0.3) is 0 Å². The molecule has 3 atom stereocenters. The lowest BCUT2D eigenvalue weighted by molar-refractivity contribution is -0.00377. The van der Waals surface area contributed by atoms with E-state index in [9.17, 15) is 13.5 Å². The van der Waals surface area contributed by atoms with Gasteiger partial charge in [0.1, 0.15) is 0 Å². The summed E-state index contributed by atoms with van der Waals surface area (Å²) in [5.41, 5.74) is 0.237. The van der Waals surface area contributed by atoms with E-state index >= 15 is 0 Å². The van der Waals surface area contributed by atoms with Crippen molar-refractivity contribution >= 4 is 9.84 Å². The molecule has 0 amide bonds. The van der Waals surface area contributed by atoms with Gasteiger partial charge < -0.3 is 5.11 Å². The Labute approximate surface area is 128 Å². The molecule has 0 saturated heterocycles. The standard InChI is InChI=1S/C17H26O3S/c1-12-5-9-15(10-6-12)21(19,20)16-11-14(17(3,4)18)8-7-13(16)2/h5-6,9-10,13-14,16,18H,7-8,11H2,1-4H3/t13?,14-,16?/m1/s1. The van der Waals surface area contributed by atoms with Crippen LogP contribution in [-0.4, -0.2) is 24.4 Å². The van der Waals surface area contributed by atoms with Crippen molar-refractivity contribution in [2.45, 2.75) is 62.7 Å². The van der Waals surface area contributed by atoms with E-state index in [0.717, 1.165) is 18.4 Å². The summed E-state index contributed by atoms with van der Waals surface area (Å²) in [5.74, 6) is 0.175. The topological polar surface area (TPSA) is 54.4 Å². The highest BCUT2D eigenvalue weighted by Gasteiger charge is 2.41. The van der Waals surface area contributed by atoms with Crippen molar-refractivity contribution < 1.29 is 13.5 Å². The first-order chi connectivity index (χ1) is 9.62. The van der Waals surface area contributed by atoms with E-state index in [1.54, 1.807) is 26.0 Å². The lowest BCUT2D eigenvalue weighted by atomic mass is 9.75. The van der Waals surface area contributed by atoms with Gasteiger partial charge in [-0.2, -0.15) is 0 Å². The second-order valence-electron chi connectivity index (χ2n) is 7.04. The van der Waals surface area contributed by atoms with Crippen molar-refractivity contribution in [1.29, 1.82) is 0 Å². The zero-order chi connectivity index (χ0) is 15.8. The summed E-state index contributed by atoms with van der Waals surface area (Å²) in [5, 5.41) is 9.83. The molecule has 21 heavy (non-hydrogen) atoms. The van der Waals surface area contributed by atoms with Crippen LogP contribution in [-0.2, 0) is 9.84 Å². The minimum atomic E-state index is -3.33. The van der Waals surface area contributed by atoms with E-state index in [1.807, 2.05) is 26.0 Å². The van der Waals surface area contributed by atoms with Gasteiger partial charge in [0.05, 0.1) is 15.7 Å². The predicted octanol–water partition coefficient (Wildman–Crippen LogP) is 3.34. The van der Waals surface area contributed by atoms with Crippen LogP contribution < -0.4 is 0 Å². The Hall–Kier alpha value is -0.870. The summed E-state index contributed by atoms with van der Waals surface area (Å²) < 4.78 is 25.8. The molecule has 1 aromatic carbocycles. The zero-order valence-corrected chi connectivity index (χ0v) is 14.2. The number of hydrogen-bond donors (Lipinski definition) is 1. The summed E-state index contributed by atoms with van der Waals surface area (Å²) in [4.78, 5) is 0.404. The monoisotopic (exact) mass is 310 g/mol. The van der Waals surface area contributed by atoms with Crippen molar-refractivity contribution in [3.63, 3.8) is 0 Å². The van der Waals surface area contributed by atoms with Gasteiger partial charge in [-0.3, -0.25) is 0 Å². The molecule has 1 aliphatic carbocycles. The molecule has 0 bridgehead atoms. The van der Waals surface area contributed by atoms with Crippen molar-refractivity contribution in [3.8, 4) is 0 Å². The molecular formula is C17H26O3S. The van der Waals surface area contributed by atoms with E-state index in [4.69, 9.17) is 0 Å². The maximum absolute atomic E-state index is 12.9. The van der Waals surface area contributed by atoms with Crippen molar-refractivity contribution in [2.75, 3.05) is 0 Å². The molecule has 1 saturated carbocycles. The second-order valence-corrected chi connectivity index (χ2v) is 9.20. The number of aryl methyl sites for hydroxylation is 1. The molecule has 2 unspecified atom stereocenters. The normalized spacial score (nSPS) is 27.6.